The molecule has 2 saturated heterocycles. The molecule has 0 aromatic rings. The Labute approximate surface area is 93.0 Å². The van der Waals surface area contributed by atoms with Crippen molar-refractivity contribution >= 4 is 0 Å². The lowest BCUT2D eigenvalue weighted by Gasteiger charge is -2.23. The molecule has 1 unspecified atom stereocenters. The largest absolute Gasteiger partial charge is 0.378 e. The van der Waals surface area contributed by atoms with Gasteiger partial charge in [0.1, 0.15) is 0 Å². The summed E-state index contributed by atoms with van der Waals surface area (Å²) in [6.45, 7) is 4.53. The molecule has 88 valence electrons. The van der Waals surface area contributed by atoms with Crippen molar-refractivity contribution in [3.63, 3.8) is 0 Å². The zero-order valence-electron chi connectivity index (χ0n) is 9.63. The number of nitrogens with one attached hydrogen (secondary N) is 2. The van der Waals surface area contributed by atoms with Crippen LogP contribution in [0.3, 0.4) is 0 Å². The van der Waals surface area contributed by atoms with Crippen molar-refractivity contribution in [3.05, 3.63) is 0 Å². The fourth-order valence-electron chi connectivity index (χ4n) is 2.53. The summed E-state index contributed by atoms with van der Waals surface area (Å²) in [6, 6.07) is 0.760. The summed E-state index contributed by atoms with van der Waals surface area (Å²) in [4.78, 5) is 0. The summed E-state index contributed by atoms with van der Waals surface area (Å²) in [5.74, 6) is 0. The second-order valence-corrected chi connectivity index (χ2v) is 4.76. The van der Waals surface area contributed by atoms with E-state index < -0.39 is 0 Å². The van der Waals surface area contributed by atoms with Gasteiger partial charge in [0.05, 0.1) is 6.10 Å². The molecule has 1 atom stereocenters. The van der Waals surface area contributed by atoms with Crippen LogP contribution in [0.25, 0.3) is 0 Å². The average molecular weight is 212 g/mol. The number of ether oxygens (including phenoxy) is 1. The van der Waals surface area contributed by atoms with Crippen molar-refractivity contribution in [1.29, 1.82) is 0 Å². The van der Waals surface area contributed by atoms with Crippen LogP contribution in [0.5, 0.6) is 0 Å². The molecule has 15 heavy (non-hydrogen) atoms. The van der Waals surface area contributed by atoms with Crippen LogP contribution in [-0.2, 0) is 4.74 Å². The van der Waals surface area contributed by atoms with Crippen molar-refractivity contribution in [2.45, 2.75) is 50.7 Å². The fraction of sp³-hybridized carbons (Fsp3) is 1.00. The second kappa shape index (κ2) is 6.46. The fourth-order valence-corrected chi connectivity index (χ4v) is 2.53. The van der Waals surface area contributed by atoms with Crippen LogP contribution in [0, 0.1) is 0 Å². The number of rotatable bonds is 5. The topological polar surface area (TPSA) is 33.3 Å². The minimum atomic E-state index is 0.569. The van der Waals surface area contributed by atoms with Crippen molar-refractivity contribution in [1.82, 2.24) is 10.6 Å². The molecule has 3 heteroatoms. The minimum absolute atomic E-state index is 0.569. The van der Waals surface area contributed by atoms with Crippen LogP contribution in [0.2, 0.25) is 0 Å². The van der Waals surface area contributed by atoms with Crippen LogP contribution in [0.15, 0.2) is 0 Å². The third kappa shape index (κ3) is 4.09. The van der Waals surface area contributed by atoms with Gasteiger partial charge in [0.25, 0.3) is 0 Å². The molecule has 3 nitrogen and oxygen atoms in total. The molecule has 0 amide bonds. The van der Waals surface area contributed by atoms with Crippen LogP contribution in [0.1, 0.15) is 38.5 Å². The number of hydrogen-bond donors (Lipinski definition) is 2. The molecular formula is C12H24N2O. The Kier molecular flexibility index (Phi) is 4.90. The van der Waals surface area contributed by atoms with Gasteiger partial charge in [-0.25, -0.2) is 0 Å². The third-order valence-corrected chi connectivity index (χ3v) is 3.50. The van der Waals surface area contributed by atoms with Crippen molar-refractivity contribution in [3.8, 4) is 0 Å². The van der Waals surface area contributed by atoms with E-state index in [1.807, 2.05) is 0 Å². The summed E-state index contributed by atoms with van der Waals surface area (Å²) in [5, 5.41) is 7.04. The Morgan fingerprint density at radius 1 is 1.20 bits per heavy atom. The van der Waals surface area contributed by atoms with E-state index in [1.165, 1.54) is 58.2 Å². The van der Waals surface area contributed by atoms with Gasteiger partial charge in [-0.05, 0) is 58.2 Å². The molecule has 2 N–H and O–H groups in total. The predicted octanol–water partition coefficient (Wildman–Crippen LogP) is 1.29. The molecule has 0 bridgehead atoms. The first-order valence-electron chi connectivity index (χ1n) is 6.51. The standard InChI is InChI=1S/C12H24N2O/c1(3-12-4-2-10-15-12)7-14-11-5-8-13-9-6-11/h11-14H,1-10H2. The maximum Gasteiger partial charge on any atom is 0.0576 e. The Bertz CT molecular complexity index is 163. The molecule has 2 aliphatic heterocycles. The number of hydrogen-bond acceptors (Lipinski definition) is 3. The van der Waals surface area contributed by atoms with Gasteiger partial charge in [0.2, 0.25) is 0 Å². The molecule has 2 aliphatic rings. The molecule has 2 fully saturated rings. The second-order valence-electron chi connectivity index (χ2n) is 4.76. The van der Waals surface area contributed by atoms with Crippen LogP contribution < -0.4 is 10.6 Å². The van der Waals surface area contributed by atoms with Gasteiger partial charge in [-0.15, -0.1) is 0 Å². The van der Waals surface area contributed by atoms with Gasteiger partial charge in [-0.1, -0.05) is 0 Å². The van der Waals surface area contributed by atoms with Gasteiger partial charge in [0, 0.05) is 12.6 Å². The Morgan fingerprint density at radius 3 is 2.80 bits per heavy atom. The predicted molar refractivity (Wildman–Crippen MR) is 62.1 cm³/mol. The highest BCUT2D eigenvalue weighted by Gasteiger charge is 2.15. The van der Waals surface area contributed by atoms with Gasteiger partial charge in [-0.3, -0.25) is 0 Å². The Morgan fingerprint density at radius 2 is 2.07 bits per heavy atom. The van der Waals surface area contributed by atoms with E-state index in [9.17, 15) is 0 Å². The normalized spacial score (nSPS) is 28.4. The maximum atomic E-state index is 5.61. The van der Waals surface area contributed by atoms with E-state index in [0.29, 0.717) is 6.10 Å². The highest BCUT2D eigenvalue weighted by molar-refractivity contribution is 4.74. The molecule has 0 radical (unpaired) electrons. The summed E-state index contributed by atoms with van der Waals surface area (Å²) < 4.78 is 5.61. The molecular weight excluding hydrogens is 188 g/mol. The van der Waals surface area contributed by atoms with Crippen molar-refractivity contribution < 1.29 is 4.74 Å². The summed E-state index contributed by atoms with van der Waals surface area (Å²) in [7, 11) is 0. The van der Waals surface area contributed by atoms with Crippen LogP contribution >= 0.6 is 0 Å². The quantitative estimate of drug-likeness (QED) is 0.674. The highest BCUT2D eigenvalue weighted by Crippen LogP contribution is 2.16. The zero-order chi connectivity index (χ0) is 10.3. The smallest absolute Gasteiger partial charge is 0.0576 e. The van der Waals surface area contributed by atoms with E-state index in [2.05, 4.69) is 10.6 Å². The van der Waals surface area contributed by atoms with E-state index in [4.69, 9.17) is 4.74 Å². The van der Waals surface area contributed by atoms with Gasteiger partial charge >= 0.3 is 0 Å². The van der Waals surface area contributed by atoms with Gasteiger partial charge < -0.3 is 15.4 Å². The highest BCUT2D eigenvalue weighted by atomic mass is 16.5. The zero-order valence-corrected chi connectivity index (χ0v) is 9.63. The van der Waals surface area contributed by atoms with Crippen molar-refractivity contribution in [2.75, 3.05) is 26.2 Å². The summed E-state index contributed by atoms with van der Waals surface area (Å²) >= 11 is 0. The molecule has 2 heterocycles. The van der Waals surface area contributed by atoms with E-state index in [-0.39, 0.29) is 0 Å². The Balaban J connectivity index is 1.47. The summed E-state index contributed by atoms with van der Waals surface area (Å²) in [5.41, 5.74) is 0. The molecule has 0 aromatic heterocycles. The molecule has 0 spiro atoms. The first-order chi connectivity index (χ1) is 7.45. The molecule has 2 rings (SSSR count). The molecule has 0 saturated carbocycles. The average Bonchev–Trinajstić information content (AvgIpc) is 2.79. The van der Waals surface area contributed by atoms with Crippen molar-refractivity contribution in [2.24, 2.45) is 0 Å². The lowest BCUT2D eigenvalue weighted by Crippen LogP contribution is -2.40. The maximum absolute atomic E-state index is 5.61. The number of piperidine rings is 1. The van der Waals surface area contributed by atoms with E-state index in [0.717, 1.165) is 12.6 Å². The lowest BCUT2D eigenvalue weighted by atomic mass is 10.1. The van der Waals surface area contributed by atoms with Crippen LogP contribution in [0.4, 0.5) is 0 Å². The van der Waals surface area contributed by atoms with E-state index in [1.54, 1.807) is 0 Å². The van der Waals surface area contributed by atoms with Crippen LogP contribution in [-0.4, -0.2) is 38.4 Å². The first kappa shape index (κ1) is 11.4. The molecule has 0 aliphatic carbocycles. The monoisotopic (exact) mass is 212 g/mol. The first-order valence-corrected chi connectivity index (χ1v) is 6.51. The third-order valence-electron chi connectivity index (χ3n) is 3.50. The van der Waals surface area contributed by atoms with E-state index >= 15 is 0 Å². The van der Waals surface area contributed by atoms with Gasteiger partial charge in [0.15, 0.2) is 0 Å². The lowest BCUT2D eigenvalue weighted by molar-refractivity contribution is 0.102. The molecule has 0 aromatic carbocycles. The minimum Gasteiger partial charge on any atom is -0.378 e. The Hall–Kier alpha value is -0.120. The van der Waals surface area contributed by atoms with Gasteiger partial charge in [-0.2, -0.15) is 0 Å². The SMILES string of the molecule is C(CNC1CCNCC1)CC1CCCO1. The summed E-state index contributed by atoms with van der Waals surface area (Å²) in [6.07, 6.45) is 8.23.